The van der Waals surface area contributed by atoms with Gasteiger partial charge in [0.15, 0.2) is 34.6 Å². The van der Waals surface area contributed by atoms with E-state index < -0.39 is 0 Å². The van der Waals surface area contributed by atoms with Gasteiger partial charge in [-0.1, -0.05) is 187 Å². The predicted octanol–water partition coefficient (Wildman–Crippen LogP) is 16.4. The fourth-order valence-electron chi connectivity index (χ4n) is 8.02. The van der Waals surface area contributed by atoms with E-state index in [0.29, 0.717) is 80.7 Å². The molecule has 0 aliphatic carbocycles. The molecule has 0 radical (unpaired) electrons. The maximum Gasteiger partial charge on any atom is 0.203 e. The van der Waals surface area contributed by atoms with E-state index >= 15 is 0 Å². The van der Waals surface area contributed by atoms with Crippen LogP contribution in [0.2, 0.25) is 0 Å². The summed E-state index contributed by atoms with van der Waals surface area (Å²) in [6, 6.07) is 18.9. The van der Waals surface area contributed by atoms with Gasteiger partial charge in [0.05, 0.1) is 46.2 Å². The highest BCUT2D eigenvalue weighted by atomic mass is 16.5. The molecule has 0 saturated carbocycles. The normalized spacial score (nSPS) is 11.2. The van der Waals surface area contributed by atoms with E-state index in [-0.39, 0.29) is 0 Å². The standard InChI is InChI=1S/C57H89N3O6/c1-7-13-19-28-36-61-50-42-48(43-51(62-37-29-20-14-8-2)54(50)65-40-32-23-17-11-5)56-58-59-57(60(56)46-47-34-26-25-27-35-47)49-44-52(63-38-30-21-15-9-3)55(66-41-33-24-18-12-6)53(45-49)64-39-31-22-16-10-4/h25-27,34-35,42-45H,7-24,28-33,36-41,46H2,1-6H3. The van der Waals surface area contributed by atoms with Crippen molar-refractivity contribution in [2.75, 3.05) is 39.6 Å². The van der Waals surface area contributed by atoms with Crippen LogP contribution in [0.4, 0.5) is 0 Å². The third-order valence-corrected chi connectivity index (χ3v) is 12.0. The van der Waals surface area contributed by atoms with Crippen LogP contribution in [0.3, 0.4) is 0 Å². The molecule has 0 saturated heterocycles. The van der Waals surface area contributed by atoms with Gasteiger partial charge >= 0.3 is 0 Å². The maximum atomic E-state index is 6.67. The Morgan fingerprint density at radius 3 is 0.924 bits per heavy atom. The first-order chi connectivity index (χ1) is 32.6. The topological polar surface area (TPSA) is 86.1 Å². The van der Waals surface area contributed by atoms with Crippen molar-refractivity contribution in [3.8, 4) is 57.3 Å². The largest absolute Gasteiger partial charge is 0.490 e. The first kappa shape index (κ1) is 54.2. The van der Waals surface area contributed by atoms with Crippen molar-refractivity contribution in [1.29, 1.82) is 0 Å². The van der Waals surface area contributed by atoms with Gasteiger partial charge in [0, 0.05) is 11.1 Å². The number of hydrogen-bond acceptors (Lipinski definition) is 8. The van der Waals surface area contributed by atoms with Crippen LogP contribution in [0.25, 0.3) is 22.8 Å². The molecule has 4 aromatic rings. The quantitative estimate of drug-likeness (QED) is 0.0408. The Hall–Kier alpha value is -4.40. The highest BCUT2D eigenvalue weighted by molar-refractivity contribution is 5.72. The van der Waals surface area contributed by atoms with Gasteiger partial charge in [0.25, 0.3) is 0 Å². The molecule has 1 aromatic heterocycles. The summed E-state index contributed by atoms with van der Waals surface area (Å²) in [6.45, 7) is 17.6. The molecule has 368 valence electrons. The molecule has 1 heterocycles. The van der Waals surface area contributed by atoms with Crippen LogP contribution in [0.5, 0.6) is 34.5 Å². The maximum absolute atomic E-state index is 6.67. The van der Waals surface area contributed by atoms with Gasteiger partial charge < -0.3 is 33.0 Å². The summed E-state index contributed by atoms with van der Waals surface area (Å²) in [5, 5.41) is 10.0. The molecule has 0 atom stereocenters. The molecule has 0 fully saturated rings. The molecule has 0 N–H and O–H groups in total. The molecule has 0 bridgehead atoms. The average Bonchev–Trinajstić information content (AvgIpc) is 3.75. The first-order valence-corrected chi connectivity index (χ1v) is 26.7. The summed E-state index contributed by atoms with van der Waals surface area (Å²) in [5.74, 6) is 5.57. The summed E-state index contributed by atoms with van der Waals surface area (Å²) >= 11 is 0. The summed E-state index contributed by atoms with van der Waals surface area (Å²) < 4.78 is 42.1. The molecular formula is C57H89N3O6. The van der Waals surface area contributed by atoms with Crippen molar-refractivity contribution in [2.45, 2.75) is 202 Å². The second-order valence-corrected chi connectivity index (χ2v) is 18.0. The fourth-order valence-corrected chi connectivity index (χ4v) is 8.02. The van der Waals surface area contributed by atoms with Crippen LogP contribution in [0.1, 0.15) is 201 Å². The Balaban J connectivity index is 1.89. The second-order valence-electron chi connectivity index (χ2n) is 18.0. The van der Waals surface area contributed by atoms with E-state index in [2.05, 4.69) is 101 Å². The minimum absolute atomic E-state index is 0.546. The lowest BCUT2D eigenvalue weighted by Gasteiger charge is -2.20. The number of benzene rings is 3. The highest BCUT2D eigenvalue weighted by Crippen LogP contribution is 2.45. The number of rotatable bonds is 40. The number of hydrogen-bond donors (Lipinski definition) is 0. The SMILES string of the molecule is CCCCCCOc1cc(-c2nnc(-c3cc(OCCCCCC)c(OCCCCCC)c(OCCCCCC)c3)n2Cc2ccccc2)cc(OCCCCCC)c1OCCCCCC. The zero-order chi connectivity index (χ0) is 46.9. The molecule has 0 spiro atoms. The zero-order valence-corrected chi connectivity index (χ0v) is 42.4. The van der Waals surface area contributed by atoms with Crippen LogP contribution in [0.15, 0.2) is 54.6 Å². The summed E-state index contributed by atoms with van der Waals surface area (Å²) in [6.07, 6.45) is 26.8. The lowest BCUT2D eigenvalue weighted by Crippen LogP contribution is -2.09. The van der Waals surface area contributed by atoms with Crippen molar-refractivity contribution in [1.82, 2.24) is 14.8 Å². The van der Waals surface area contributed by atoms with E-state index in [1.165, 1.54) is 77.0 Å². The molecular weight excluding hydrogens is 823 g/mol. The molecule has 0 unspecified atom stereocenters. The Morgan fingerprint density at radius 1 is 0.348 bits per heavy atom. The molecule has 9 nitrogen and oxygen atoms in total. The van der Waals surface area contributed by atoms with Gasteiger partial charge in [-0.05, 0) is 68.4 Å². The minimum Gasteiger partial charge on any atom is -0.490 e. The molecule has 0 aliphatic heterocycles. The van der Waals surface area contributed by atoms with Crippen LogP contribution < -0.4 is 28.4 Å². The van der Waals surface area contributed by atoms with E-state index in [1.54, 1.807) is 0 Å². The van der Waals surface area contributed by atoms with Gasteiger partial charge in [-0.2, -0.15) is 0 Å². The van der Waals surface area contributed by atoms with E-state index in [9.17, 15) is 0 Å². The Morgan fingerprint density at radius 2 is 0.636 bits per heavy atom. The highest BCUT2D eigenvalue weighted by Gasteiger charge is 2.25. The third-order valence-electron chi connectivity index (χ3n) is 12.0. The number of aromatic nitrogens is 3. The van der Waals surface area contributed by atoms with Gasteiger partial charge in [0.2, 0.25) is 11.5 Å². The lowest BCUT2D eigenvalue weighted by atomic mass is 10.1. The van der Waals surface area contributed by atoms with Crippen molar-refractivity contribution < 1.29 is 28.4 Å². The number of nitrogens with zero attached hydrogens (tertiary/aromatic N) is 3. The number of unbranched alkanes of at least 4 members (excludes halogenated alkanes) is 18. The molecule has 9 heteroatoms. The van der Waals surface area contributed by atoms with Crippen molar-refractivity contribution in [3.63, 3.8) is 0 Å². The van der Waals surface area contributed by atoms with E-state index in [1.807, 2.05) is 0 Å². The average molecular weight is 912 g/mol. The van der Waals surface area contributed by atoms with E-state index in [4.69, 9.17) is 38.6 Å². The van der Waals surface area contributed by atoms with Crippen LogP contribution in [-0.2, 0) is 6.54 Å². The molecule has 0 aliphatic rings. The Kier molecular flexibility index (Phi) is 27.9. The van der Waals surface area contributed by atoms with Crippen molar-refractivity contribution in [3.05, 3.63) is 60.2 Å². The van der Waals surface area contributed by atoms with Crippen LogP contribution >= 0.6 is 0 Å². The summed E-state index contributed by atoms with van der Waals surface area (Å²) in [5.41, 5.74) is 2.86. The molecule has 66 heavy (non-hydrogen) atoms. The van der Waals surface area contributed by atoms with Gasteiger partial charge in [-0.15, -0.1) is 10.2 Å². The summed E-state index contributed by atoms with van der Waals surface area (Å²) in [4.78, 5) is 0. The van der Waals surface area contributed by atoms with Crippen LogP contribution in [-0.4, -0.2) is 54.4 Å². The monoisotopic (exact) mass is 912 g/mol. The van der Waals surface area contributed by atoms with Gasteiger partial charge in [-0.3, -0.25) is 0 Å². The zero-order valence-electron chi connectivity index (χ0n) is 42.4. The van der Waals surface area contributed by atoms with Gasteiger partial charge in [0.1, 0.15) is 0 Å². The first-order valence-electron chi connectivity index (χ1n) is 26.7. The van der Waals surface area contributed by atoms with Crippen LogP contribution in [0, 0.1) is 0 Å². The lowest BCUT2D eigenvalue weighted by molar-refractivity contribution is 0.234. The van der Waals surface area contributed by atoms with E-state index in [0.717, 1.165) is 105 Å². The second kappa shape index (κ2) is 34.0. The Bertz CT molecular complexity index is 1660. The minimum atomic E-state index is 0.546. The van der Waals surface area contributed by atoms with Crippen molar-refractivity contribution >= 4 is 0 Å². The number of ether oxygens (including phenoxy) is 6. The van der Waals surface area contributed by atoms with Gasteiger partial charge in [-0.25, -0.2) is 0 Å². The smallest absolute Gasteiger partial charge is 0.203 e. The predicted molar refractivity (Wildman–Crippen MR) is 274 cm³/mol. The summed E-state index contributed by atoms with van der Waals surface area (Å²) in [7, 11) is 0. The van der Waals surface area contributed by atoms with Crippen molar-refractivity contribution in [2.24, 2.45) is 0 Å². The molecule has 4 rings (SSSR count). The Labute approximate surface area is 401 Å². The molecule has 3 aromatic carbocycles. The molecule has 0 amide bonds. The third kappa shape index (κ3) is 19.4. The fraction of sp³-hybridized carbons (Fsp3) is 0.649.